The van der Waals surface area contributed by atoms with E-state index in [1.807, 2.05) is 0 Å². The van der Waals surface area contributed by atoms with Gasteiger partial charge in [0.1, 0.15) is 12.1 Å². The van der Waals surface area contributed by atoms with Crippen molar-refractivity contribution in [2.75, 3.05) is 26.4 Å². The number of esters is 1. The lowest BCUT2D eigenvalue weighted by Crippen LogP contribution is -2.34. The number of carbonyl (C=O) groups excluding carboxylic acids is 1. The molecule has 4 N–H and O–H groups in total. The molecule has 0 aliphatic carbocycles. The minimum atomic E-state index is -4.61. The van der Waals surface area contributed by atoms with Crippen molar-refractivity contribution in [2.45, 2.75) is 206 Å². The fourth-order valence-electron chi connectivity index (χ4n) is 5.83. The molecule has 312 valence electrons. The molecule has 0 amide bonds. The summed E-state index contributed by atoms with van der Waals surface area (Å²) in [5.41, 5.74) is 5.35. The van der Waals surface area contributed by atoms with E-state index in [0.29, 0.717) is 13.0 Å². The summed E-state index contributed by atoms with van der Waals surface area (Å²) in [5.74, 6) is -1.79. The molecule has 0 aliphatic heterocycles. The fourth-order valence-corrected chi connectivity index (χ4v) is 6.61. The minimum absolute atomic E-state index is 0.0117. The zero-order valence-electron chi connectivity index (χ0n) is 33.9. The van der Waals surface area contributed by atoms with Crippen molar-refractivity contribution in [1.29, 1.82) is 0 Å². The molecule has 0 aromatic rings. The Bertz CT molecular complexity index is 946. The van der Waals surface area contributed by atoms with Crippen molar-refractivity contribution in [3.05, 3.63) is 24.3 Å². The van der Waals surface area contributed by atoms with E-state index in [9.17, 15) is 19.0 Å². The van der Waals surface area contributed by atoms with Crippen LogP contribution < -0.4 is 5.73 Å². The molecule has 0 aliphatic rings. The van der Waals surface area contributed by atoms with E-state index in [-0.39, 0.29) is 13.0 Å². The first-order valence-electron chi connectivity index (χ1n) is 21.4. The number of rotatable bonds is 41. The predicted octanol–water partition coefficient (Wildman–Crippen LogP) is 11.5. The van der Waals surface area contributed by atoms with Gasteiger partial charge in [0.2, 0.25) is 0 Å². The normalized spacial score (nSPS) is 14.2. The van der Waals surface area contributed by atoms with Gasteiger partial charge in [0.25, 0.3) is 0 Å². The number of unbranched alkanes of at least 4 members (excludes halogenated alkanes) is 23. The molecule has 0 fully saturated rings. The van der Waals surface area contributed by atoms with Crippen LogP contribution in [0.1, 0.15) is 194 Å². The third-order valence-electron chi connectivity index (χ3n) is 9.20. The van der Waals surface area contributed by atoms with E-state index in [4.69, 9.17) is 29.4 Å². The highest BCUT2D eigenvalue weighted by Gasteiger charge is 2.27. The number of ether oxygens (including phenoxy) is 2. The van der Waals surface area contributed by atoms with E-state index in [2.05, 4.69) is 38.2 Å². The van der Waals surface area contributed by atoms with Crippen molar-refractivity contribution < 1.29 is 42.7 Å². The number of allylic oxidation sites excluding steroid dienone is 4. The molecule has 3 atom stereocenters. The SMILES string of the molecule is CCCCCCC/C=C\CCCCCCCCOCC(COP(=O)(O)OCC(N)C(=O)O)OC(=O)CCCCCCC/C=C\CCCCCCCCC. The Balaban J connectivity index is 4.27. The van der Waals surface area contributed by atoms with Gasteiger partial charge in [-0.1, -0.05) is 147 Å². The molecular formula is C42H80NO9P. The number of carboxylic acids is 1. The van der Waals surface area contributed by atoms with Crippen LogP contribution in [0.2, 0.25) is 0 Å². The molecule has 0 radical (unpaired) electrons. The number of hydrogen-bond donors (Lipinski definition) is 3. The Hall–Kier alpha value is -1.55. The number of hydrogen-bond acceptors (Lipinski definition) is 8. The van der Waals surface area contributed by atoms with Crippen LogP contribution in [-0.2, 0) is 32.7 Å². The molecule has 11 heteroatoms. The van der Waals surface area contributed by atoms with Crippen LogP contribution in [0.5, 0.6) is 0 Å². The van der Waals surface area contributed by atoms with E-state index < -0.39 is 45.1 Å². The predicted molar refractivity (Wildman–Crippen MR) is 217 cm³/mol. The molecule has 0 bridgehead atoms. The van der Waals surface area contributed by atoms with Crippen LogP contribution in [0.4, 0.5) is 0 Å². The number of aliphatic carboxylic acids is 1. The van der Waals surface area contributed by atoms with Crippen molar-refractivity contribution >= 4 is 19.8 Å². The second-order valence-corrected chi connectivity index (χ2v) is 15.9. The standard InChI is InChI=1S/C42H80NO9P/c1-3-5-7-9-11-13-15-17-19-20-22-24-26-28-30-32-34-41(44)52-39(37-50-53(47,48)51-38-40(43)42(45)46)36-49-35-33-31-29-27-25-23-21-18-16-14-12-10-8-6-4-2/h16,18-20,39-40H,3-15,17,21-38,43H2,1-2H3,(H,45,46)(H,47,48)/b18-16-,20-19-. The maximum Gasteiger partial charge on any atom is 0.472 e. The first-order valence-corrected chi connectivity index (χ1v) is 22.9. The largest absolute Gasteiger partial charge is 0.480 e. The summed E-state index contributed by atoms with van der Waals surface area (Å²) in [4.78, 5) is 33.5. The number of nitrogens with two attached hydrogens (primary N) is 1. The quantitative estimate of drug-likeness (QED) is 0.0237. The molecule has 0 saturated heterocycles. The molecule has 0 saturated carbocycles. The summed E-state index contributed by atoms with van der Waals surface area (Å²) in [5, 5.41) is 8.88. The van der Waals surface area contributed by atoms with E-state index in [0.717, 1.165) is 57.8 Å². The lowest BCUT2D eigenvalue weighted by atomic mass is 10.1. The van der Waals surface area contributed by atoms with Gasteiger partial charge in [-0.15, -0.1) is 0 Å². The molecule has 0 spiro atoms. The number of phosphoric acid groups is 1. The summed E-state index contributed by atoms with van der Waals surface area (Å²) in [6.07, 6.45) is 40.8. The van der Waals surface area contributed by atoms with Crippen molar-refractivity contribution in [2.24, 2.45) is 5.73 Å². The highest BCUT2D eigenvalue weighted by atomic mass is 31.2. The van der Waals surface area contributed by atoms with Crippen molar-refractivity contribution in [1.82, 2.24) is 0 Å². The third-order valence-corrected chi connectivity index (χ3v) is 10.2. The Morgan fingerprint density at radius 1 is 0.585 bits per heavy atom. The zero-order valence-corrected chi connectivity index (χ0v) is 34.8. The average Bonchev–Trinajstić information content (AvgIpc) is 3.13. The zero-order chi connectivity index (χ0) is 39.1. The van der Waals surface area contributed by atoms with Crippen LogP contribution in [0, 0.1) is 0 Å². The number of phosphoric ester groups is 1. The van der Waals surface area contributed by atoms with Gasteiger partial charge in [-0.25, -0.2) is 4.57 Å². The lowest BCUT2D eigenvalue weighted by Gasteiger charge is -2.20. The fraction of sp³-hybridized carbons (Fsp3) is 0.857. The Morgan fingerprint density at radius 2 is 0.981 bits per heavy atom. The average molecular weight is 774 g/mol. The van der Waals surface area contributed by atoms with Gasteiger partial charge in [0.15, 0.2) is 0 Å². The first kappa shape index (κ1) is 51.5. The third kappa shape index (κ3) is 38.5. The summed E-state index contributed by atoms with van der Waals surface area (Å²) < 4.78 is 33.3. The molecular weight excluding hydrogens is 693 g/mol. The van der Waals surface area contributed by atoms with Gasteiger partial charge in [-0.2, -0.15) is 0 Å². The van der Waals surface area contributed by atoms with Crippen LogP contribution in [0.25, 0.3) is 0 Å². The monoisotopic (exact) mass is 774 g/mol. The second-order valence-electron chi connectivity index (χ2n) is 14.5. The summed E-state index contributed by atoms with van der Waals surface area (Å²) in [6, 6.07) is -1.47. The molecule has 0 aromatic carbocycles. The van der Waals surface area contributed by atoms with Crippen LogP contribution in [0.3, 0.4) is 0 Å². The number of carbonyl (C=O) groups is 2. The van der Waals surface area contributed by atoms with Crippen molar-refractivity contribution in [3.63, 3.8) is 0 Å². The smallest absolute Gasteiger partial charge is 0.472 e. The van der Waals surface area contributed by atoms with Crippen LogP contribution in [-0.4, -0.2) is 60.5 Å². The molecule has 0 rings (SSSR count). The Morgan fingerprint density at radius 3 is 1.43 bits per heavy atom. The topological polar surface area (TPSA) is 155 Å². The summed E-state index contributed by atoms with van der Waals surface area (Å²) in [7, 11) is -4.61. The number of carboxylic acid groups (broad SMARTS) is 1. The van der Waals surface area contributed by atoms with Gasteiger partial charge in [-0.05, 0) is 64.2 Å². The molecule has 3 unspecified atom stereocenters. The van der Waals surface area contributed by atoms with Gasteiger partial charge >= 0.3 is 19.8 Å². The molecule has 0 aromatic heterocycles. The van der Waals surface area contributed by atoms with Gasteiger partial charge in [-0.3, -0.25) is 18.6 Å². The summed E-state index contributed by atoms with van der Waals surface area (Å²) in [6.45, 7) is 3.86. The van der Waals surface area contributed by atoms with Crippen LogP contribution in [0.15, 0.2) is 24.3 Å². The van der Waals surface area contributed by atoms with Gasteiger partial charge in [0.05, 0.1) is 19.8 Å². The summed E-state index contributed by atoms with van der Waals surface area (Å²) >= 11 is 0. The molecule has 0 heterocycles. The Kier molecular flexibility index (Phi) is 37.6. The highest BCUT2D eigenvalue weighted by molar-refractivity contribution is 7.47. The molecule has 10 nitrogen and oxygen atoms in total. The van der Waals surface area contributed by atoms with E-state index in [1.165, 1.54) is 109 Å². The lowest BCUT2D eigenvalue weighted by molar-refractivity contribution is -0.154. The van der Waals surface area contributed by atoms with Gasteiger partial charge in [0, 0.05) is 13.0 Å². The van der Waals surface area contributed by atoms with Crippen molar-refractivity contribution in [3.8, 4) is 0 Å². The molecule has 53 heavy (non-hydrogen) atoms. The maximum absolute atomic E-state index is 12.6. The van der Waals surface area contributed by atoms with Crippen LogP contribution >= 0.6 is 7.82 Å². The van der Waals surface area contributed by atoms with Gasteiger partial charge < -0.3 is 25.2 Å². The highest BCUT2D eigenvalue weighted by Crippen LogP contribution is 2.43. The minimum Gasteiger partial charge on any atom is -0.480 e. The second kappa shape index (κ2) is 38.7. The van der Waals surface area contributed by atoms with E-state index >= 15 is 0 Å². The Labute approximate surface area is 324 Å². The van der Waals surface area contributed by atoms with E-state index in [1.54, 1.807) is 0 Å². The maximum atomic E-state index is 12.6. The first-order chi connectivity index (χ1) is 25.7.